The highest BCUT2D eigenvalue weighted by molar-refractivity contribution is 5.94. The van der Waals surface area contributed by atoms with E-state index in [2.05, 4.69) is 0 Å². The number of rotatable bonds is 9. The van der Waals surface area contributed by atoms with Crippen LogP contribution in [0.2, 0.25) is 0 Å². The van der Waals surface area contributed by atoms with Crippen LogP contribution in [0.5, 0.6) is 17.4 Å². The highest BCUT2D eigenvalue weighted by atomic mass is 19.1. The molecular weight excluding hydrogens is 485 g/mol. The molecule has 0 N–H and O–H groups in total. The summed E-state index contributed by atoms with van der Waals surface area (Å²) in [7, 11) is 1.61. The molecule has 8 heteroatoms. The van der Waals surface area contributed by atoms with Crippen LogP contribution in [-0.4, -0.2) is 47.0 Å². The number of carbonyl (C=O) groups is 1. The lowest BCUT2D eigenvalue weighted by atomic mass is 10.1. The molecule has 1 atom stereocenters. The summed E-state index contributed by atoms with van der Waals surface area (Å²) in [4.78, 5) is 15.4. The minimum absolute atomic E-state index is 0.0603. The van der Waals surface area contributed by atoms with Gasteiger partial charge in [-0.1, -0.05) is 18.2 Å². The van der Waals surface area contributed by atoms with E-state index in [4.69, 9.17) is 19.3 Å². The molecule has 1 amide bonds. The summed E-state index contributed by atoms with van der Waals surface area (Å²) in [6.45, 7) is 3.25. The van der Waals surface area contributed by atoms with Crippen molar-refractivity contribution in [1.82, 2.24) is 14.7 Å². The van der Waals surface area contributed by atoms with Gasteiger partial charge in [0.1, 0.15) is 17.3 Å². The van der Waals surface area contributed by atoms with Crippen molar-refractivity contribution in [2.45, 2.75) is 32.4 Å². The van der Waals surface area contributed by atoms with Crippen molar-refractivity contribution in [3.8, 4) is 23.1 Å². The van der Waals surface area contributed by atoms with E-state index in [1.165, 1.54) is 24.3 Å². The molecule has 1 aliphatic rings. The van der Waals surface area contributed by atoms with Gasteiger partial charge in [0, 0.05) is 18.7 Å². The number of ether oxygens (including phenoxy) is 3. The Morgan fingerprint density at radius 1 is 1.05 bits per heavy atom. The summed E-state index contributed by atoms with van der Waals surface area (Å²) < 4.78 is 32.9. The van der Waals surface area contributed by atoms with Gasteiger partial charge in [0.2, 0.25) is 5.88 Å². The molecule has 0 aliphatic carbocycles. The number of amides is 1. The van der Waals surface area contributed by atoms with E-state index in [1.807, 2.05) is 61.5 Å². The molecule has 2 heterocycles. The highest BCUT2D eigenvalue weighted by Gasteiger charge is 2.28. The largest absolute Gasteiger partial charge is 0.497 e. The maximum absolute atomic E-state index is 13.6. The summed E-state index contributed by atoms with van der Waals surface area (Å²) in [5, 5.41) is 4.79. The van der Waals surface area contributed by atoms with Crippen LogP contribution in [0.15, 0.2) is 78.9 Å². The van der Waals surface area contributed by atoms with Crippen molar-refractivity contribution in [1.29, 1.82) is 0 Å². The van der Waals surface area contributed by atoms with Crippen LogP contribution >= 0.6 is 0 Å². The van der Waals surface area contributed by atoms with Crippen molar-refractivity contribution in [2.24, 2.45) is 0 Å². The summed E-state index contributed by atoms with van der Waals surface area (Å²) in [5.74, 6) is 1.26. The maximum Gasteiger partial charge on any atom is 0.254 e. The number of carbonyl (C=O) groups excluding carboxylic acids is 1. The third-order valence-electron chi connectivity index (χ3n) is 6.59. The minimum atomic E-state index is -0.387. The van der Waals surface area contributed by atoms with Crippen molar-refractivity contribution in [2.75, 3.05) is 20.3 Å². The fourth-order valence-corrected chi connectivity index (χ4v) is 4.54. The van der Waals surface area contributed by atoms with Gasteiger partial charge in [-0.25, -0.2) is 9.07 Å². The normalized spacial score (nSPS) is 14.9. The first kappa shape index (κ1) is 25.5. The van der Waals surface area contributed by atoms with E-state index in [-0.39, 0.29) is 24.4 Å². The Kier molecular flexibility index (Phi) is 7.70. The molecule has 5 rings (SSSR count). The molecule has 1 fully saturated rings. The number of para-hydroxylation sites is 1. The van der Waals surface area contributed by atoms with E-state index in [1.54, 1.807) is 16.7 Å². The van der Waals surface area contributed by atoms with Crippen LogP contribution in [0.1, 0.15) is 34.5 Å². The van der Waals surface area contributed by atoms with E-state index in [0.29, 0.717) is 30.3 Å². The van der Waals surface area contributed by atoms with Gasteiger partial charge in [0.15, 0.2) is 0 Å². The average Bonchev–Trinajstić information content (AvgIpc) is 3.57. The van der Waals surface area contributed by atoms with Gasteiger partial charge in [-0.15, -0.1) is 0 Å². The topological polar surface area (TPSA) is 65.8 Å². The molecular formula is C30H30FN3O4. The molecule has 4 aromatic rings. The Labute approximate surface area is 221 Å². The zero-order chi connectivity index (χ0) is 26.5. The lowest BCUT2D eigenvalue weighted by Crippen LogP contribution is -2.37. The van der Waals surface area contributed by atoms with Crippen LogP contribution < -0.4 is 9.47 Å². The monoisotopic (exact) mass is 515 g/mol. The first-order chi connectivity index (χ1) is 18.5. The number of hydrogen-bond acceptors (Lipinski definition) is 5. The fourth-order valence-electron chi connectivity index (χ4n) is 4.54. The van der Waals surface area contributed by atoms with Crippen LogP contribution in [-0.2, 0) is 11.3 Å². The summed E-state index contributed by atoms with van der Waals surface area (Å²) in [6.07, 6.45) is 1.78. The standard InChI is InChI=1S/C30H30FN3O4/c1-21-28(20-33(19-27-9-6-18-37-27)29(35)22-10-12-23(31)13-11-22)30(34(32-21)24-7-4-3-5-8-24)38-26-16-14-25(36-2)15-17-26/h3-5,7-8,10-17,27H,6,9,18-20H2,1-2H3/t27-/m0/s1. The minimum Gasteiger partial charge on any atom is -0.497 e. The molecule has 1 aromatic heterocycles. The molecule has 0 unspecified atom stereocenters. The number of nitrogens with zero attached hydrogens (tertiary/aromatic N) is 3. The third-order valence-corrected chi connectivity index (χ3v) is 6.59. The van der Waals surface area contributed by atoms with E-state index in [9.17, 15) is 9.18 Å². The number of aryl methyl sites for hydroxylation is 1. The number of aromatic nitrogens is 2. The van der Waals surface area contributed by atoms with Crippen molar-refractivity contribution in [3.05, 3.63) is 102 Å². The first-order valence-corrected chi connectivity index (χ1v) is 12.6. The summed E-state index contributed by atoms with van der Waals surface area (Å²) in [5.41, 5.74) is 2.76. The number of hydrogen-bond donors (Lipinski definition) is 0. The second kappa shape index (κ2) is 11.5. The van der Waals surface area contributed by atoms with Crippen molar-refractivity contribution >= 4 is 5.91 Å². The summed E-state index contributed by atoms with van der Waals surface area (Å²) >= 11 is 0. The lowest BCUT2D eigenvalue weighted by molar-refractivity contribution is 0.0505. The van der Waals surface area contributed by atoms with Crippen LogP contribution in [0.3, 0.4) is 0 Å². The third kappa shape index (κ3) is 5.70. The van der Waals surface area contributed by atoms with E-state index >= 15 is 0 Å². The van der Waals surface area contributed by atoms with Crippen LogP contribution in [0.25, 0.3) is 5.69 Å². The van der Waals surface area contributed by atoms with Crippen LogP contribution in [0, 0.1) is 12.7 Å². The van der Waals surface area contributed by atoms with Crippen LogP contribution in [0.4, 0.5) is 4.39 Å². The van der Waals surface area contributed by atoms with Crippen molar-refractivity contribution < 1.29 is 23.4 Å². The quantitative estimate of drug-likeness (QED) is 0.276. The molecule has 1 aliphatic heterocycles. The van der Waals surface area contributed by atoms with E-state index < -0.39 is 0 Å². The molecule has 0 bridgehead atoms. The average molecular weight is 516 g/mol. The van der Waals surface area contributed by atoms with Crippen molar-refractivity contribution in [3.63, 3.8) is 0 Å². The Hall–Kier alpha value is -4.17. The predicted octanol–water partition coefficient (Wildman–Crippen LogP) is 5.94. The zero-order valence-electron chi connectivity index (χ0n) is 21.5. The number of benzene rings is 3. The molecule has 1 saturated heterocycles. The second-order valence-electron chi connectivity index (χ2n) is 9.22. The number of methoxy groups -OCH3 is 1. The van der Waals surface area contributed by atoms with Gasteiger partial charge in [0.25, 0.3) is 5.91 Å². The number of halogens is 1. The van der Waals surface area contributed by atoms with Gasteiger partial charge < -0.3 is 19.1 Å². The molecule has 3 aromatic carbocycles. The lowest BCUT2D eigenvalue weighted by Gasteiger charge is -2.26. The molecule has 196 valence electrons. The Morgan fingerprint density at radius 3 is 2.42 bits per heavy atom. The van der Waals surface area contributed by atoms with Gasteiger partial charge in [-0.3, -0.25) is 4.79 Å². The molecule has 38 heavy (non-hydrogen) atoms. The maximum atomic E-state index is 13.6. The predicted molar refractivity (Wildman–Crippen MR) is 141 cm³/mol. The second-order valence-corrected chi connectivity index (χ2v) is 9.22. The Bertz CT molecular complexity index is 1370. The molecule has 0 radical (unpaired) electrons. The molecule has 7 nitrogen and oxygen atoms in total. The SMILES string of the molecule is COc1ccc(Oc2c(CN(C[C@@H]3CCCO3)C(=O)c3ccc(F)cc3)c(C)nn2-c2ccccc2)cc1. The smallest absolute Gasteiger partial charge is 0.254 e. The van der Waals surface area contributed by atoms with Gasteiger partial charge in [-0.2, -0.15) is 5.10 Å². The summed E-state index contributed by atoms with van der Waals surface area (Å²) in [6, 6.07) is 22.6. The van der Waals surface area contributed by atoms with Gasteiger partial charge in [-0.05, 0) is 80.4 Å². The Morgan fingerprint density at radius 2 is 1.76 bits per heavy atom. The van der Waals surface area contributed by atoms with Gasteiger partial charge in [0.05, 0.1) is 36.7 Å². The molecule has 0 spiro atoms. The highest BCUT2D eigenvalue weighted by Crippen LogP contribution is 2.33. The Balaban J connectivity index is 1.53. The van der Waals surface area contributed by atoms with E-state index in [0.717, 1.165) is 35.5 Å². The fraction of sp³-hybridized carbons (Fsp3) is 0.267. The van der Waals surface area contributed by atoms with Gasteiger partial charge >= 0.3 is 0 Å². The first-order valence-electron chi connectivity index (χ1n) is 12.6. The zero-order valence-corrected chi connectivity index (χ0v) is 21.5. The molecule has 0 saturated carbocycles.